The monoisotopic (exact) mass is 489 g/mol. The molecule has 1 amide bonds. The number of hydrogen-bond acceptors (Lipinski definition) is 6. The average molecular weight is 490 g/mol. The molecule has 1 atom stereocenters. The van der Waals surface area contributed by atoms with Gasteiger partial charge in [0.2, 0.25) is 11.1 Å². The van der Waals surface area contributed by atoms with Crippen LogP contribution in [0.3, 0.4) is 0 Å². The predicted molar refractivity (Wildman–Crippen MR) is 129 cm³/mol. The molecule has 0 fully saturated rings. The molecule has 0 aliphatic carbocycles. The molecule has 1 aliphatic heterocycles. The van der Waals surface area contributed by atoms with Crippen LogP contribution in [-0.4, -0.2) is 33.5 Å². The predicted octanol–water partition coefficient (Wildman–Crippen LogP) is 5.63. The van der Waals surface area contributed by atoms with Gasteiger partial charge in [0.1, 0.15) is 11.8 Å². The van der Waals surface area contributed by atoms with Gasteiger partial charge in [0.25, 0.3) is 5.91 Å². The number of amides is 1. The summed E-state index contributed by atoms with van der Waals surface area (Å²) in [6, 6.07) is 11.9. The van der Waals surface area contributed by atoms with Crippen LogP contribution in [0.25, 0.3) is 0 Å². The lowest BCUT2D eigenvalue weighted by Crippen LogP contribution is -2.31. The number of nitrogens with zero attached hydrogens (tertiary/aromatic N) is 3. The first-order chi connectivity index (χ1) is 15.4. The molecule has 1 unspecified atom stereocenters. The number of fused-ring (bicyclic) bond motifs is 1. The zero-order chi connectivity index (χ0) is 22.8. The summed E-state index contributed by atoms with van der Waals surface area (Å²) < 4.78 is 7.07. The Hall–Kier alpha value is -2.68. The zero-order valence-corrected chi connectivity index (χ0v) is 20.0. The van der Waals surface area contributed by atoms with E-state index in [0.717, 1.165) is 5.75 Å². The molecule has 0 saturated heterocycles. The van der Waals surface area contributed by atoms with Crippen LogP contribution in [0.4, 0.5) is 11.6 Å². The lowest BCUT2D eigenvalue weighted by Gasteiger charge is -2.29. The number of carbonyl (C=O) groups excluding carboxylic acids is 1. The van der Waals surface area contributed by atoms with E-state index in [0.29, 0.717) is 49.4 Å². The highest BCUT2D eigenvalue weighted by molar-refractivity contribution is 7.99. The van der Waals surface area contributed by atoms with Gasteiger partial charge in [0.15, 0.2) is 0 Å². The van der Waals surface area contributed by atoms with Gasteiger partial charge in [-0.1, -0.05) is 60.1 Å². The van der Waals surface area contributed by atoms with Crippen LogP contribution in [0.1, 0.15) is 25.5 Å². The van der Waals surface area contributed by atoms with Gasteiger partial charge in [-0.3, -0.25) is 4.79 Å². The number of methoxy groups -OCH3 is 1. The lowest BCUT2D eigenvalue weighted by atomic mass is 9.95. The maximum atomic E-state index is 13.5. The number of aromatic nitrogens is 3. The Morgan fingerprint density at radius 1 is 1.28 bits per heavy atom. The number of anilines is 2. The van der Waals surface area contributed by atoms with Crippen molar-refractivity contribution in [2.24, 2.45) is 0 Å². The molecule has 3 aromatic rings. The molecule has 0 spiro atoms. The third-order valence-corrected chi connectivity index (χ3v) is 6.25. The molecule has 1 aliphatic rings. The lowest BCUT2D eigenvalue weighted by molar-refractivity contribution is -0.113. The second kappa shape index (κ2) is 9.44. The Morgan fingerprint density at radius 3 is 2.78 bits per heavy atom. The Bertz CT molecular complexity index is 1210. The van der Waals surface area contributed by atoms with Crippen LogP contribution in [0.2, 0.25) is 10.0 Å². The fraction of sp³-hybridized carbons (Fsp3) is 0.227. The van der Waals surface area contributed by atoms with Gasteiger partial charge in [0.05, 0.1) is 18.4 Å². The zero-order valence-electron chi connectivity index (χ0n) is 17.6. The van der Waals surface area contributed by atoms with Crippen molar-refractivity contribution < 1.29 is 9.53 Å². The van der Waals surface area contributed by atoms with Crippen molar-refractivity contribution in [2.75, 3.05) is 23.5 Å². The molecule has 2 heterocycles. The van der Waals surface area contributed by atoms with Crippen molar-refractivity contribution in [3.05, 3.63) is 69.3 Å². The molecule has 0 bridgehead atoms. The molecule has 7 nitrogen and oxygen atoms in total. The maximum absolute atomic E-state index is 13.5. The van der Waals surface area contributed by atoms with Gasteiger partial charge >= 0.3 is 0 Å². The summed E-state index contributed by atoms with van der Waals surface area (Å²) >= 11 is 14.2. The highest BCUT2D eigenvalue weighted by atomic mass is 35.5. The van der Waals surface area contributed by atoms with Gasteiger partial charge in [-0.25, -0.2) is 4.68 Å². The molecular weight excluding hydrogens is 469 g/mol. The number of para-hydroxylation sites is 2. The molecule has 2 aromatic carbocycles. The van der Waals surface area contributed by atoms with Crippen LogP contribution in [0.15, 0.2) is 58.9 Å². The smallest absolute Gasteiger partial charge is 0.255 e. The maximum Gasteiger partial charge on any atom is 0.255 e. The first-order valence-corrected chi connectivity index (χ1v) is 11.6. The van der Waals surface area contributed by atoms with Crippen molar-refractivity contribution in [3.8, 4) is 5.75 Å². The van der Waals surface area contributed by atoms with Crippen molar-refractivity contribution in [2.45, 2.75) is 25.0 Å². The number of halogens is 2. The minimum absolute atomic E-state index is 0.304. The van der Waals surface area contributed by atoms with Crippen molar-refractivity contribution in [1.82, 2.24) is 14.8 Å². The second-order valence-electron chi connectivity index (χ2n) is 6.98. The minimum Gasteiger partial charge on any atom is -0.495 e. The van der Waals surface area contributed by atoms with Crippen LogP contribution in [-0.2, 0) is 4.79 Å². The van der Waals surface area contributed by atoms with Crippen LogP contribution < -0.4 is 15.4 Å². The van der Waals surface area contributed by atoms with Crippen molar-refractivity contribution >= 4 is 52.5 Å². The number of hydrogen-bond donors (Lipinski definition) is 2. The molecule has 0 radical (unpaired) electrons. The van der Waals surface area contributed by atoms with Crippen LogP contribution in [0.5, 0.6) is 5.75 Å². The topological polar surface area (TPSA) is 81.1 Å². The Balaban J connectivity index is 1.81. The Labute approximate surface area is 200 Å². The number of nitrogens with one attached hydrogen (secondary N) is 2. The number of ether oxygens (including phenoxy) is 1. The quantitative estimate of drug-likeness (QED) is 0.436. The molecule has 10 heteroatoms. The fourth-order valence-electron chi connectivity index (χ4n) is 3.56. The Kier molecular flexibility index (Phi) is 6.64. The standard InChI is InChI=1S/C22H21Cl2N5O2S/c1-4-32-22-27-21-25-12(2)18(20(30)26-16-7-5-6-8-17(16)31-3)19(29(21)28-22)14-10-9-13(23)11-15(14)24/h5-11,19H,4H2,1-3H3,(H,26,30)(H,25,27,28). The summed E-state index contributed by atoms with van der Waals surface area (Å²) in [5.74, 6) is 1.63. The van der Waals surface area contributed by atoms with E-state index >= 15 is 0 Å². The fourth-order valence-corrected chi connectivity index (χ4v) is 4.63. The van der Waals surface area contributed by atoms with Gasteiger partial charge in [0, 0.05) is 21.3 Å². The number of thioether (sulfide) groups is 1. The van der Waals surface area contributed by atoms with Gasteiger partial charge in [-0.15, -0.1) is 5.10 Å². The number of allylic oxidation sites excluding steroid dienone is 1. The summed E-state index contributed by atoms with van der Waals surface area (Å²) in [5.41, 5.74) is 2.38. The highest BCUT2D eigenvalue weighted by Crippen LogP contribution is 2.40. The van der Waals surface area contributed by atoms with E-state index in [9.17, 15) is 4.79 Å². The number of rotatable bonds is 6. The summed E-state index contributed by atoms with van der Waals surface area (Å²) in [6.07, 6.45) is 0. The molecule has 32 heavy (non-hydrogen) atoms. The third kappa shape index (κ3) is 4.30. The van der Waals surface area contributed by atoms with E-state index in [-0.39, 0.29) is 5.91 Å². The summed E-state index contributed by atoms with van der Waals surface area (Å²) in [6.45, 7) is 3.86. The molecule has 1 aromatic heterocycles. The number of benzene rings is 2. The average Bonchev–Trinajstić information content (AvgIpc) is 3.15. The van der Waals surface area contributed by atoms with E-state index in [4.69, 9.17) is 27.9 Å². The normalized spacial score (nSPS) is 15.2. The molecule has 4 rings (SSSR count). The van der Waals surface area contributed by atoms with Crippen LogP contribution >= 0.6 is 35.0 Å². The van der Waals surface area contributed by atoms with E-state index in [1.54, 1.807) is 36.1 Å². The van der Waals surface area contributed by atoms with Crippen molar-refractivity contribution in [3.63, 3.8) is 0 Å². The van der Waals surface area contributed by atoms with E-state index < -0.39 is 6.04 Å². The molecule has 0 saturated carbocycles. The first-order valence-electron chi connectivity index (χ1n) is 9.89. The molecule has 2 N–H and O–H groups in total. The molecular formula is C22H21Cl2N5O2S. The van der Waals surface area contributed by atoms with E-state index in [1.807, 2.05) is 32.0 Å². The van der Waals surface area contributed by atoms with Gasteiger partial charge in [-0.2, -0.15) is 4.98 Å². The summed E-state index contributed by atoms with van der Waals surface area (Å²) in [4.78, 5) is 18.1. The molecule has 166 valence electrons. The summed E-state index contributed by atoms with van der Waals surface area (Å²) in [7, 11) is 1.56. The summed E-state index contributed by atoms with van der Waals surface area (Å²) in [5, 5.41) is 12.4. The van der Waals surface area contributed by atoms with Gasteiger partial charge < -0.3 is 15.4 Å². The van der Waals surface area contributed by atoms with Gasteiger partial charge in [-0.05, 0) is 36.9 Å². The van der Waals surface area contributed by atoms with Crippen LogP contribution in [0, 0.1) is 0 Å². The Morgan fingerprint density at radius 2 is 2.06 bits per heavy atom. The van der Waals surface area contributed by atoms with Crippen molar-refractivity contribution in [1.29, 1.82) is 0 Å². The SMILES string of the molecule is CCSc1nc2n(n1)C(c1ccc(Cl)cc1Cl)C(C(=O)Nc1ccccc1OC)=C(C)N2. The number of carbonyl (C=O) groups is 1. The minimum atomic E-state index is -0.593. The second-order valence-corrected chi connectivity index (χ2v) is 9.06. The largest absolute Gasteiger partial charge is 0.495 e. The first kappa shape index (κ1) is 22.5. The van der Waals surface area contributed by atoms with E-state index in [1.165, 1.54) is 11.8 Å². The third-order valence-electron chi connectivity index (χ3n) is 4.96. The highest BCUT2D eigenvalue weighted by Gasteiger charge is 2.35. The van der Waals surface area contributed by atoms with E-state index in [2.05, 4.69) is 20.7 Å².